The van der Waals surface area contributed by atoms with Gasteiger partial charge in [0.25, 0.3) is 10.2 Å². The number of hydrogen-bond donors (Lipinski definition) is 7. The number of rotatable bonds is 10. The number of carboxylic acid groups (broad SMARTS) is 1. The minimum absolute atomic E-state index is 0.00460. The maximum absolute atomic E-state index is 12.6. The van der Waals surface area contributed by atoms with Crippen LogP contribution in [0.25, 0.3) is 0 Å². The average Bonchev–Trinajstić information content (AvgIpc) is 3.10. The topological polar surface area (TPSA) is 208 Å². The van der Waals surface area contributed by atoms with E-state index < -0.39 is 59.3 Å². The molecule has 9 N–H and O–H groups in total. The molecule has 2 fully saturated rings. The molecule has 1 saturated carbocycles. The summed E-state index contributed by atoms with van der Waals surface area (Å²) in [7, 11) is -5.56. The molecule has 160 valence electrons. The van der Waals surface area contributed by atoms with E-state index in [2.05, 4.69) is 10.0 Å². The zero-order valence-corrected chi connectivity index (χ0v) is 16.4. The zero-order chi connectivity index (χ0) is 21.3. The van der Waals surface area contributed by atoms with Gasteiger partial charge in [0, 0.05) is 31.1 Å². The molecule has 5 atom stereocenters. The number of aliphatic carboxylic acids is 1. The standard InChI is InChI=1S/C14H28BN5O7S/c1-8(16)12(21)18-14(13(22)23)7-20(6-9(14)3-2-4-15(24)25)28(26,27)19-11-5-10(11)17/h8-11,19,24-25H,2-7,16-17H2,1H3,(H,18,21)(H,22,23)/t8-,9-,10?,11?,14-/m0/s1. The highest BCUT2D eigenvalue weighted by molar-refractivity contribution is 7.87. The molecule has 1 aliphatic carbocycles. The van der Waals surface area contributed by atoms with Gasteiger partial charge >= 0.3 is 13.1 Å². The smallest absolute Gasteiger partial charge is 0.451 e. The van der Waals surface area contributed by atoms with E-state index in [-0.39, 0.29) is 31.7 Å². The van der Waals surface area contributed by atoms with E-state index in [0.29, 0.717) is 6.42 Å². The van der Waals surface area contributed by atoms with Crippen LogP contribution in [0.1, 0.15) is 26.2 Å². The van der Waals surface area contributed by atoms with Crippen molar-refractivity contribution in [3.63, 3.8) is 0 Å². The molecule has 12 nitrogen and oxygen atoms in total. The van der Waals surface area contributed by atoms with Gasteiger partial charge in [0.15, 0.2) is 5.54 Å². The lowest BCUT2D eigenvalue weighted by Crippen LogP contribution is -2.62. The van der Waals surface area contributed by atoms with Crippen LogP contribution in [0.5, 0.6) is 0 Å². The van der Waals surface area contributed by atoms with Crippen LogP contribution in [0.4, 0.5) is 0 Å². The molecular weight excluding hydrogens is 393 g/mol. The molecule has 2 aliphatic rings. The van der Waals surface area contributed by atoms with Gasteiger partial charge < -0.3 is 31.9 Å². The SMILES string of the molecule is C[C@H](N)C(=O)N[C@@]1(C(=O)O)CN(S(=O)(=O)NC2CC2N)C[C@@H]1CCCB(O)O. The number of nitrogens with one attached hydrogen (secondary N) is 2. The van der Waals surface area contributed by atoms with Crippen molar-refractivity contribution >= 4 is 29.2 Å². The minimum atomic E-state index is -4.01. The first-order chi connectivity index (χ1) is 12.9. The van der Waals surface area contributed by atoms with E-state index in [1.165, 1.54) is 6.92 Å². The molecule has 0 spiro atoms. The summed E-state index contributed by atoms with van der Waals surface area (Å²) in [4.78, 5) is 24.3. The Morgan fingerprint density at radius 3 is 2.46 bits per heavy atom. The van der Waals surface area contributed by atoms with E-state index in [1.807, 2.05) is 0 Å². The summed E-state index contributed by atoms with van der Waals surface area (Å²) in [6.07, 6.45) is 0.893. The molecular formula is C14H28BN5O7S. The highest BCUT2D eigenvalue weighted by atomic mass is 32.2. The van der Waals surface area contributed by atoms with Gasteiger partial charge in [0.2, 0.25) is 5.91 Å². The van der Waals surface area contributed by atoms with E-state index >= 15 is 0 Å². The number of hydrogen-bond acceptors (Lipinski definition) is 8. The average molecular weight is 421 g/mol. The maximum atomic E-state index is 12.6. The van der Waals surface area contributed by atoms with Crippen molar-refractivity contribution in [1.29, 1.82) is 0 Å². The first kappa shape index (κ1) is 23.0. The van der Waals surface area contributed by atoms with Crippen molar-refractivity contribution in [2.75, 3.05) is 13.1 Å². The molecule has 1 saturated heterocycles. The predicted octanol–water partition coefficient (Wildman–Crippen LogP) is -3.61. The van der Waals surface area contributed by atoms with Crippen LogP contribution in [0.2, 0.25) is 6.32 Å². The summed E-state index contributed by atoms with van der Waals surface area (Å²) in [6, 6.07) is -1.66. The summed E-state index contributed by atoms with van der Waals surface area (Å²) < 4.78 is 28.7. The van der Waals surface area contributed by atoms with Gasteiger partial charge in [-0.1, -0.05) is 6.42 Å². The Balaban J connectivity index is 2.25. The molecule has 0 aromatic rings. The zero-order valence-electron chi connectivity index (χ0n) is 15.6. The fourth-order valence-electron chi connectivity index (χ4n) is 3.33. The Labute approximate surface area is 164 Å². The van der Waals surface area contributed by atoms with Gasteiger partial charge in [-0.3, -0.25) is 4.79 Å². The van der Waals surface area contributed by atoms with Crippen molar-refractivity contribution in [2.24, 2.45) is 17.4 Å². The summed E-state index contributed by atoms with van der Waals surface area (Å²) in [5.41, 5.74) is 9.31. The van der Waals surface area contributed by atoms with Crippen molar-refractivity contribution < 1.29 is 33.2 Å². The third-order valence-corrected chi connectivity index (χ3v) is 6.74. The van der Waals surface area contributed by atoms with Gasteiger partial charge in [0.1, 0.15) is 0 Å². The number of nitrogens with zero attached hydrogens (tertiary/aromatic N) is 1. The summed E-state index contributed by atoms with van der Waals surface area (Å²) in [5.74, 6) is -2.88. The van der Waals surface area contributed by atoms with E-state index in [0.717, 1.165) is 4.31 Å². The molecule has 14 heteroatoms. The van der Waals surface area contributed by atoms with Gasteiger partial charge in [-0.2, -0.15) is 17.4 Å². The Morgan fingerprint density at radius 1 is 1.39 bits per heavy atom. The van der Waals surface area contributed by atoms with Gasteiger partial charge in [-0.25, -0.2) is 4.79 Å². The first-order valence-corrected chi connectivity index (χ1v) is 10.5. The van der Waals surface area contributed by atoms with Gasteiger partial charge in [-0.05, 0) is 26.1 Å². The van der Waals surface area contributed by atoms with E-state index in [4.69, 9.17) is 21.5 Å². The molecule has 0 radical (unpaired) electrons. The largest absolute Gasteiger partial charge is 0.479 e. The minimum Gasteiger partial charge on any atom is -0.479 e. The lowest BCUT2D eigenvalue weighted by molar-refractivity contribution is -0.149. The molecule has 2 unspecified atom stereocenters. The molecule has 1 aliphatic heterocycles. The maximum Gasteiger partial charge on any atom is 0.451 e. The predicted molar refractivity (Wildman–Crippen MR) is 99.9 cm³/mol. The molecule has 1 heterocycles. The Bertz CT molecular complexity index is 706. The van der Waals surface area contributed by atoms with Crippen LogP contribution in [0, 0.1) is 5.92 Å². The van der Waals surface area contributed by atoms with E-state index in [1.54, 1.807) is 0 Å². The second-order valence-electron chi connectivity index (χ2n) is 7.58. The van der Waals surface area contributed by atoms with Crippen LogP contribution in [0.3, 0.4) is 0 Å². The third-order valence-electron chi connectivity index (χ3n) is 5.18. The number of carbonyl (C=O) groups excluding carboxylic acids is 1. The molecule has 0 aromatic carbocycles. The Kier molecular flexibility index (Phi) is 7.07. The number of carbonyl (C=O) groups is 2. The van der Waals surface area contributed by atoms with Crippen molar-refractivity contribution in [3.05, 3.63) is 0 Å². The van der Waals surface area contributed by atoms with Crippen LogP contribution < -0.4 is 21.5 Å². The second kappa shape index (κ2) is 8.61. The lowest BCUT2D eigenvalue weighted by Gasteiger charge is -2.32. The van der Waals surface area contributed by atoms with Crippen LogP contribution in [0.15, 0.2) is 0 Å². The van der Waals surface area contributed by atoms with Crippen molar-refractivity contribution in [2.45, 2.75) is 56.2 Å². The first-order valence-electron chi connectivity index (χ1n) is 9.09. The molecule has 0 aromatic heterocycles. The van der Waals surface area contributed by atoms with Crippen LogP contribution in [-0.4, -0.2) is 83.6 Å². The van der Waals surface area contributed by atoms with E-state index in [9.17, 15) is 23.1 Å². The summed E-state index contributed by atoms with van der Waals surface area (Å²) >= 11 is 0. The molecule has 2 rings (SSSR count). The molecule has 1 amide bonds. The number of nitrogens with two attached hydrogens (primary N) is 2. The molecule has 28 heavy (non-hydrogen) atoms. The number of carboxylic acids is 1. The highest BCUT2D eigenvalue weighted by Crippen LogP contribution is 2.34. The van der Waals surface area contributed by atoms with Crippen LogP contribution in [-0.2, 0) is 19.8 Å². The third kappa shape index (κ3) is 5.20. The fraction of sp³-hybridized carbons (Fsp3) is 0.857. The quantitative estimate of drug-likeness (QED) is 0.174. The summed E-state index contributed by atoms with van der Waals surface area (Å²) in [6.45, 7) is 0.774. The normalized spacial score (nSPS) is 31.4. The highest BCUT2D eigenvalue weighted by Gasteiger charge is 2.56. The Morgan fingerprint density at radius 2 is 2.00 bits per heavy atom. The lowest BCUT2D eigenvalue weighted by atomic mass is 9.78. The fourth-order valence-corrected chi connectivity index (χ4v) is 4.88. The van der Waals surface area contributed by atoms with Crippen LogP contribution >= 0.6 is 0 Å². The van der Waals surface area contributed by atoms with Gasteiger partial charge in [-0.15, -0.1) is 0 Å². The Hall–Kier alpha value is -1.29. The second-order valence-corrected chi connectivity index (χ2v) is 9.29. The number of amides is 1. The van der Waals surface area contributed by atoms with Gasteiger partial charge in [0.05, 0.1) is 6.04 Å². The van der Waals surface area contributed by atoms with Crippen molar-refractivity contribution in [3.8, 4) is 0 Å². The van der Waals surface area contributed by atoms with Crippen molar-refractivity contribution in [1.82, 2.24) is 14.3 Å². The monoisotopic (exact) mass is 421 g/mol. The molecule has 0 bridgehead atoms. The summed E-state index contributed by atoms with van der Waals surface area (Å²) in [5, 5.41) is 30.3.